The van der Waals surface area contributed by atoms with Crippen LogP contribution in [0.5, 0.6) is 0 Å². The van der Waals surface area contributed by atoms with Crippen LogP contribution in [0, 0.1) is 5.92 Å². The molecule has 0 amide bonds. The lowest BCUT2D eigenvalue weighted by molar-refractivity contribution is 0.0728. The maximum Gasteiger partial charge on any atom is 0.0617 e. The largest absolute Gasteiger partial charge is 0.378 e. The summed E-state index contributed by atoms with van der Waals surface area (Å²) in [7, 11) is 0. The summed E-state index contributed by atoms with van der Waals surface area (Å²) in [6.07, 6.45) is 7.96. The summed E-state index contributed by atoms with van der Waals surface area (Å²) < 4.78 is 5.86. The summed E-state index contributed by atoms with van der Waals surface area (Å²) in [6, 6.07) is 4.53. The molecule has 0 spiro atoms. The van der Waals surface area contributed by atoms with Gasteiger partial charge in [0.05, 0.1) is 6.10 Å². The molecule has 4 heteroatoms. The number of pyridine rings is 1. The van der Waals surface area contributed by atoms with E-state index in [9.17, 15) is 0 Å². The molecule has 1 fully saturated rings. The van der Waals surface area contributed by atoms with Crippen LogP contribution in [0.25, 0.3) is 0 Å². The molecule has 1 aliphatic heterocycles. The first-order valence-corrected chi connectivity index (χ1v) is 7.86. The number of nitrogens with one attached hydrogen (secondary N) is 1. The van der Waals surface area contributed by atoms with Gasteiger partial charge in [-0.1, -0.05) is 13.0 Å². The second-order valence-corrected chi connectivity index (χ2v) is 6.01. The molecule has 20 heavy (non-hydrogen) atoms. The fourth-order valence-corrected chi connectivity index (χ4v) is 4.03. The molecule has 0 radical (unpaired) electrons. The Morgan fingerprint density at radius 1 is 1.50 bits per heavy atom. The van der Waals surface area contributed by atoms with E-state index in [0.717, 1.165) is 25.9 Å². The van der Waals surface area contributed by atoms with Crippen molar-refractivity contribution in [2.45, 2.75) is 57.1 Å². The second kappa shape index (κ2) is 6.20. The van der Waals surface area contributed by atoms with E-state index >= 15 is 0 Å². The summed E-state index contributed by atoms with van der Waals surface area (Å²) in [5.74, 6) is 6.85. The number of rotatable bonds is 4. The van der Waals surface area contributed by atoms with Crippen LogP contribution < -0.4 is 11.3 Å². The number of aromatic nitrogens is 1. The van der Waals surface area contributed by atoms with Crippen molar-refractivity contribution in [3.63, 3.8) is 0 Å². The first-order valence-electron chi connectivity index (χ1n) is 7.86. The van der Waals surface area contributed by atoms with Crippen molar-refractivity contribution in [3.05, 3.63) is 29.6 Å². The fraction of sp³-hybridized carbons (Fsp3) is 0.688. The standard InChI is InChI=1S/C16H25N3O/c1-2-14-12(8-10-20-14)16(19-17)13-7-3-5-11-6-4-9-18-15(11)13/h4,6,9,12-14,16,19H,2-3,5,7-8,10,17H2,1H3. The Kier molecular flexibility index (Phi) is 4.34. The molecule has 0 bridgehead atoms. The summed E-state index contributed by atoms with van der Waals surface area (Å²) in [6.45, 7) is 3.06. The summed E-state index contributed by atoms with van der Waals surface area (Å²) >= 11 is 0. The van der Waals surface area contributed by atoms with Gasteiger partial charge in [0.2, 0.25) is 0 Å². The van der Waals surface area contributed by atoms with E-state index in [1.54, 1.807) is 0 Å². The Hall–Kier alpha value is -0.970. The predicted octanol–water partition coefficient (Wildman–Crippen LogP) is 2.15. The monoisotopic (exact) mass is 275 g/mol. The number of hydrogen-bond acceptors (Lipinski definition) is 4. The average Bonchev–Trinajstić information content (AvgIpc) is 2.97. The molecule has 4 unspecified atom stereocenters. The van der Waals surface area contributed by atoms with Crippen LogP contribution >= 0.6 is 0 Å². The highest BCUT2D eigenvalue weighted by Gasteiger charge is 2.39. The lowest BCUT2D eigenvalue weighted by Crippen LogP contribution is -2.48. The maximum atomic E-state index is 5.92. The molecule has 0 aromatic carbocycles. The summed E-state index contributed by atoms with van der Waals surface area (Å²) in [5, 5.41) is 0. The number of fused-ring (bicyclic) bond motifs is 1. The lowest BCUT2D eigenvalue weighted by atomic mass is 9.75. The third-order valence-electron chi connectivity index (χ3n) is 4.99. The van der Waals surface area contributed by atoms with Gasteiger partial charge < -0.3 is 4.74 Å². The van der Waals surface area contributed by atoms with Crippen LogP contribution in [0.3, 0.4) is 0 Å². The zero-order valence-electron chi connectivity index (χ0n) is 12.2. The Morgan fingerprint density at radius 3 is 3.20 bits per heavy atom. The highest BCUT2D eigenvalue weighted by atomic mass is 16.5. The normalized spacial score (nSPS) is 31.0. The van der Waals surface area contributed by atoms with Gasteiger partial charge in [-0.3, -0.25) is 16.3 Å². The van der Waals surface area contributed by atoms with E-state index < -0.39 is 0 Å². The van der Waals surface area contributed by atoms with Crippen molar-refractivity contribution in [3.8, 4) is 0 Å². The minimum atomic E-state index is 0.274. The van der Waals surface area contributed by atoms with Crippen LogP contribution in [0.15, 0.2) is 18.3 Å². The molecule has 1 aliphatic carbocycles. The van der Waals surface area contributed by atoms with Crippen molar-refractivity contribution in [1.82, 2.24) is 10.4 Å². The summed E-state index contributed by atoms with van der Waals surface area (Å²) in [5.41, 5.74) is 5.75. The fourth-order valence-electron chi connectivity index (χ4n) is 4.03. The quantitative estimate of drug-likeness (QED) is 0.653. The molecule has 1 aromatic heterocycles. The third-order valence-corrected chi connectivity index (χ3v) is 4.99. The van der Waals surface area contributed by atoms with Crippen LogP contribution in [0.1, 0.15) is 49.8 Å². The highest BCUT2D eigenvalue weighted by molar-refractivity contribution is 5.27. The van der Waals surface area contributed by atoms with E-state index in [1.165, 1.54) is 24.1 Å². The molecule has 1 saturated heterocycles. The molecule has 4 atom stereocenters. The van der Waals surface area contributed by atoms with Crippen molar-refractivity contribution in [2.24, 2.45) is 11.8 Å². The average molecular weight is 275 g/mol. The van der Waals surface area contributed by atoms with Crippen LogP contribution in [0.2, 0.25) is 0 Å². The zero-order valence-corrected chi connectivity index (χ0v) is 12.2. The Balaban J connectivity index is 1.87. The molecule has 3 rings (SSSR count). The van der Waals surface area contributed by atoms with Gasteiger partial charge in [0, 0.05) is 36.4 Å². The van der Waals surface area contributed by atoms with E-state index in [-0.39, 0.29) is 6.04 Å². The molecular formula is C16H25N3O. The van der Waals surface area contributed by atoms with Gasteiger partial charge >= 0.3 is 0 Å². The number of aryl methyl sites for hydroxylation is 1. The molecular weight excluding hydrogens is 250 g/mol. The number of nitrogens with two attached hydrogens (primary N) is 1. The van der Waals surface area contributed by atoms with Crippen molar-refractivity contribution in [1.29, 1.82) is 0 Å². The molecule has 3 N–H and O–H groups in total. The Labute approximate surface area is 121 Å². The minimum Gasteiger partial charge on any atom is -0.378 e. The number of hydrazine groups is 1. The molecule has 2 aliphatic rings. The first kappa shape index (κ1) is 14.0. The molecule has 1 aromatic rings. The lowest BCUT2D eigenvalue weighted by Gasteiger charge is -2.36. The van der Waals surface area contributed by atoms with E-state index in [0.29, 0.717) is 17.9 Å². The first-order chi connectivity index (χ1) is 9.85. The number of ether oxygens (including phenoxy) is 1. The van der Waals surface area contributed by atoms with Crippen LogP contribution in [-0.2, 0) is 11.2 Å². The Morgan fingerprint density at radius 2 is 2.40 bits per heavy atom. The van der Waals surface area contributed by atoms with Gasteiger partial charge in [0.15, 0.2) is 0 Å². The summed E-state index contributed by atoms with van der Waals surface area (Å²) in [4.78, 5) is 4.66. The molecule has 110 valence electrons. The SMILES string of the molecule is CCC1OCCC1C(NN)C1CCCc2cccnc21. The topological polar surface area (TPSA) is 60.2 Å². The Bertz CT molecular complexity index is 451. The van der Waals surface area contributed by atoms with Gasteiger partial charge in [-0.15, -0.1) is 0 Å². The van der Waals surface area contributed by atoms with E-state index in [4.69, 9.17) is 10.6 Å². The van der Waals surface area contributed by atoms with Crippen molar-refractivity contribution < 1.29 is 4.74 Å². The van der Waals surface area contributed by atoms with Crippen LogP contribution in [0.4, 0.5) is 0 Å². The van der Waals surface area contributed by atoms with Gasteiger partial charge in [-0.25, -0.2) is 0 Å². The van der Waals surface area contributed by atoms with Crippen molar-refractivity contribution >= 4 is 0 Å². The predicted molar refractivity (Wildman–Crippen MR) is 79.2 cm³/mol. The maximum absolute atomic E-state index is 5.92. The molecule has 0 saturated carbocycles. The van der Waals surface area contributed by atoms with Gasteiger partial charge in [0.1, 0.15) is 0 Å². The van der Waals surface area contributed by atoms with Gasteiger partial charge in [-0.2, -0.15) is 0 Å². The van der Waals surface area contributed by atoms with E-state index in [1.807, 2.05) is 12.3 Å². The molecule has 4 nitrogen and oxygen atoms in total. The molecule has 2 heterocycles. The van der Waals surface area contributed by atoms with Crippen LogP contribution in [-0.4, -0.2) is 23.7 Å². The second-order valence-electron chi connectivity index (χ2n) is 6.01. The van der Waals surface area contributed by atoms with Crippen molar-refractivity contribution in [2.75, 3.05) is 6.61 Å². The third kappa shape index (κ3) is 2.48. The minimum absolute atomic E-state index is 0.274. The van der Waals surface area contributed by atoms with Gasteiger partial charge in [0.25, 0.3) is 0 Å². The smallest absolute Gasteiger partial charge is 0.0617 e. The van der Waals surface area contributed by atoms with E-state index in [2.05, 4.69) is 23.4 Å². The number of nitrogens with zero attached hydrogens (tertiary/aromatic N) is 1. The highest BCUT2D eigenvalue weighted by Crippen LogP contribution is 2.39. The zero-order chi connectivity index (χ0) is 13.9. The number of hydrogen-bond donors (Lipinski definition) is 2. The van der Waals surface area contributed by atoms with Gasteiger partial charge in [-0.05, 0) is 43.7 Å².